The van der Waals surface area contributed by atoms with Gasteiger partial charge in [0.05, 0.1) is 11.6 Å². The molecule has 0 bridgehead atoms. The molecule has 1 heterocycles. The molecule has 0 saturated carbocycles. The van der Waals surface area contributed by atoms with Crippen LogP contribution in [0.2, 0.25) is 5.02 Å². The molecule has 3 rings (SSSR count). The van der Waals surface area contributed by atoms with E-state index in [9.17, 15) is 22.8 Å². The average Bonchev–Trinajstić information content (AvgIpc) is 2.60. The number of halogens is 4. The summed E-state index contributed by atoms with van der Waals surface area (Å²) in [6.45, 7) is 1.53. The zero-order chi connectivity index (χ0) is 19.8. The van der Waals surface area contributed by atoms with E-state index in [1.165, 1.54) is 31.2 Å². The van der Waals surface area contributed by atoms with Crippen molar-refractivity contribution in [3.05, 3.63) is 81.5 Å². The predicted molar refractivity (Wildman–Crippen MR) is 94.3 cm³/mol. The van der Waals surface area contributed by atoms with Gasteiger partial charge in [-0.2, -0.15) is 13.2 Å². The third-order valence-corrected chi connectivity index (χ3v) is 4.42. The molecule has 140 valence electrons. The molecule has 0 aliphatic carbocycles. The van der Waals surface area contributed by atoms with Crippen molar-refractivity contribution in [2.45, 2.75) is 19.1 Å². The Labute approximate surface area is 158 Å². The second-order valence-electron chi connectivity index (χ2n) is 6.03. The molecule has 0 radical (unpaired) electrons. The van der Waals surface area contributed by atoms with Gasteiger partial charge in [0.25, 0.3) is 0 Å². The minimum Gasteiger partial charge on any atom is -0.327 e. The largest absolute Gasteiger partial charge is 0.416 e. The van der Waals surface area contributed by atoms with Crippen LogP contribution in [0.4, 0.5) is 18.0 Å². The van der Waals surface area contributed by atoms with E-state index in [-0.39, 0.29) is 16.8 Å². The highest BCUT2D eigenvalue weighted by Crippen LogP contribution is 2.34. The van der Waals surface area contributed by atoms with Crippen LogP contribution in [0.1, 0.15) is 34.5 Å². The standard InChI is InChI=1S/C19H14ClF3N2O2/c1-10-15(17(26)11-5-7-14(20)8-6-11)16(25-18(27)24-10)12-3-2-4-13(9-12)19(21,22)23/h2-9,16H,1H3,(H2,24,25,27). The molecule has 1 aliphatic heterocycles. The van der Waals surface area contributed by atoms with Gasteiger partial charge in [-0.25, -0.2) is 4.79 Å². The normalized spacial score (nSPS) is 17.4. The number of rotatable bonds is 3. The fourth-order valence-electron chi connectivity index (χ4n) is 2.90. The number of benzene rings is 2. The van der Waals surface area contributed by atoms with Gasteiger partial charge in [-0.05, 0) is 48.9 Å². The van der Waals surface area contributed by atoms with Crippen molar-refractivity contribution in [1.29, 1.82) is 0 Å². The van der Waals surface area contributed by atoms with Crippen molar-refractivity contribution in [3.63, 3.8) is 0 Å². The summed E-state index contributed by atoms with van der Waals surface area (Å²) in [7, 11) is 0. The summed E-state index contributed by atoms with van der Waals surface area (Å²) >= 11 is 5.84. The number of hydrogen-bond acceptors (Lipinski definition) is 2. The lowest BCUT2D eigenvalue weighted by Crippen LogP contribution is -2.45. The van der Waals surface area contributed by atoms with Gasteiger partial charge in [0.15, 0.2) is 5.78 Å². The third kappa shape index (κ3) is 3.98. The Morgan fingerprint density at radius 1 is 1.11 bits per heavy atom. The van der Waals surface area contributed by atoms with Crippen LogP contribution >= 0.6 is 11.6 Å². The predicted octanol–water partition coefficient (Wildman–Crippen LogP) is 4.87. The minimum atomic E-state index is -4.54. The first-order valence-electron chi connectivity index (χ1n) is 7.92. The highest BCUT2D eigenvalue weighted by Gasteiger charge is 2.34. The Morgan fingerprint density at radius 2 is 1.78 bits per heavy atom. The number of nitrogens with one attached hydrogen (secondary N) is 2. The highest BCUT2D eigenvalue weighted by molar-refractivity contribution is 6.30. The second kappa shape index (κ2) is 7.08. The molecule has 4 nitrogen and oxygen atoms in total. The number of Topliss-reactive ketones (excluding diaryl/α,β-unsaturated/α-hetero) is 1. The van der Waals surface area contributed by atoms with Gasteiger partial charge < -0.3 is 10.6 Å². The Hall–Kier alpha value is -2.80. The Kier molecular flexibility index (Phi) is 4.97. The number of ketones is 1. The number of amides is 2. The molecule has 1 unspecified atom stereocenters. The van der Waals surface area contributed by atoms with Gasteiger partial charge in [-0.3, -0.25) is 4.79 Å². The number of urea groups is 1. The minimum absolute atomic E-state index is 0.163. The molecule has 1 atom stereocenters. The van der Waals surface area contributed by atoms with E-state index in [4.69, 9.17) is 11.6 Å². The van der Waals surface area contributed by atoms with Crippen LogP contribution in [-0.4, -0.2) is 11.8 Å². The van der Waals surface area contributed by atoms with Crippen molar-refractivity contribution in [1.82, 2.24) is 10.6 Å². The van der Waals surface area contributed by atoms with Crippen LogP contribution in [0, 0.1) is 0 Å². The maximum absolute atomic E-state index is 13.1. The molecule has 8 heteroatoms. The maximum Gasteiger partial charge on any atom is 0.416 e. The molecule has 2 aromatic carbocycles. The van der Waals surface area contributed by atoms with Gasteiger partial charge in [0, 0.05) is 21.9 Å². The molecular formula is C19H14ClF3N2O2. The summed E-state index contributed by atoms with van der Waals surface area (Å²) in [5.41, 5.74) is 0.0566. The van der Waals surface area contributed by atoms with Crippen molar-refractivity contribution in [3.8, 4) is 0 Å². The molecule has 0 saturated heterocycles. The van der Waals surface area contributed by atoms with Gasteiger partial charge >= 0.3 is 12.2 Å². The summed E-state index contributed by atoms with van der Waals surface area (Å²) in [5, 5.41) is 5.47. The number of carbonyl (C=O) groups excluding carboxylic acids is 2. The van der Waals surface area contributed by atoms with Gasteiger partial charge in [0.2, 0.25) is 0 Å². The van der Waals surface area contributed by atoms with Crippen LogP contribution in [0.5, 0.6) is 0 Å². The fraction of sp³-hybridized carbons (Fsp3) is 0.158. The summed E-state index contributed by atoms with van der Waals surface area (Å²) < 4.78 is 39.2. The molecule has 1 aliphatic rings. The average molecular weight is 395 g/mol. The van der Waals surface area contributed by atoms with Crippen molar-refractivity contribution >= 4 is 23.4 Å². The summed E-state index contributed by atoms with van der Waals surface area (Å²) in [4.78, 5) is 24.9. The number of carbonyl (C=O) groups is 2. The monoisotopic (exact) mass is 394 g/mol. The van der Waals surface area contributed by atoms with E-state index in [1.807, 2.05) is 0 Å². The van der Waals surface area contributed by atoms with Crippen molar-refractivity contribution in [2.24, 2.45) is 0 Å². The number of hydrogen-bond donors (Lipinski definition) is 2. The molecular weight excluding hydrogens is 381 g/mol. The lowest BCUT2D eigenvalue weighted by molar-refractivity contribution is -0.137. The molecule has 27 heavy (non-hydrogen) atoms. The van der Waals surface area contributed by atoms with Gasteiger partial charge in [-0.1, -0.05) is 23.7 Å². The van der Waals surface area contributed by atoms with Gasteiger partial charge in [0.1, 0.15) is 0 Å². The van der Waals surface area contributed by atoms with Gasteiger partial charge in [-0.15, -0.1) is 0 Å². The lowest BCUT2D eigenvalue weighted by atomic mass is 9.89. The Morgan fingerprint density at radius 3 is 2.41 bits per heavy atom. The quantitative estimate of drug-likeness (QED) is 0.730. The zero-order valence-corrected chi connectivity index (χ0v) is 14.8. The third-order valence-electron chi connectivity index (χ3n) is 4.17. The van der Waals surface area contributed by atoms with Crippen LogP contribution < -0.4 is 10.6 Å². The topological polar surface area (TPSA) is 58.2 Å². The van der Waals surface area contributed by atoms with E-state index < -0.39 is 29.6 Å². The van der Waals surface area contributed by atoms with Crippen LogP contribution in [0.3, 0.4) is 0 Å². The Bertz CT molecular complexity index is 937. The zero-order valence-electron chi connectivity index (χ0n) is 14.0. The molecule has 2 N–H and O–H groups in total. The first-order chi connectivity index (χ1) is 12.7. The van der Waals surface area contributed by atoms with E-state index in [0.29, 0.717) is 10.6 Å². The first-order valence-corrected chi connectivity index (χ1v) is 8.30. The molecule has 2 amide bonds. The second-order valence-corrected chi connectivity index (χ2v) is 6.47. The van der Waals surface area contributed by atoms with Crippen molar-refractivity contribution < 1.29 is 22.8 Å². The SMILES string of the molecule is CC1=C(C(=O)c2ccc(Cl)cc2)C(c2cccc(C(F)(F)F)c2)NC(=O)N1. The van der Waals surface area contributed by atoms with Crippen molar-refractivity contribution in [2.75, 3.05) is 0 Å². The first kappa shape index (κ1) is 19.0. The number of allylic oxidation sites excluding steroid dienone is 1. The van der Waals surface area contributed by atoms with E-state index in [2.05, 4.69) is 10.6 Å². The van der Waals surface area contributed by atoms with Crippen LogP contribution in [-0.2, 0) is 6.18 Å². The van der Waals surface area contributed by atoms with Crippen LogP contribution in [0.25, 0.3) is 0 Å². The summed E-state index contributed by atoms with van der Waals surface area (Å²) in [5.74, 6) is -0.418. The molecule has 2 aromatic rings. The number of alkyl halides is 3. The highest BCUT2D eigenvalue weighted by atomic mass is 35.5. The van der Waals surface area contributed by atoms with E-state index >= 15 is 0 Å². The molecule has 0 spiro atoms. The summed E-state index contributed by atoms with van der Waals surface area (Å²) in [6.07, 6.45) is -4.54. The fourth-order valence-corrected chi connectivity index (χ4v) is 3.02. The summed E-state index contributed by atoms with van der Waals surface area (Å²) in [6, 6.07) is 9.06. The Balaban J connectivity index is 2.07. The molecule has 0 aromatic heterocycles. The van der Waals surface area contributed by atoms with Crippen LogP contribution in [0.15, 0.2) is 59.8 Å². The lowest BCUT2D eigenvalue weighted by Gasteiger charge is -2.29. The smallest absolute Gasteiger partial charge is 0.327 e. The van der Waals surface area contributed by atoms with E-state index in [0.717, 1.165) is 12.1 Å². The van der Waals surface area contributed by atoms with E-state index in [1.54, 1.807) is 12.1 Å². The maximum atomic E-state index is 13.1. The molecule has 0 fully saturated rings.